The Morgan fingerprint density at radius 1 is 1.35 bits per heavy atom. The maximum Gasteiger partial charge on any atom is 0.230 e. The number of nitrogens with zero attached hydrogens (tertiary/aromatic N) is 1. The predicted molar refractivity (Wildman–Crippen MR) is 79.6 cm³/mol. The van der Waals surface area contributed by atoms with E-state index in [1.807, 2.05) is 0 Å². The van der Waals surface area contributed by atoms with Crippen molar-refractivity contribution < 1.29 is 4.79 Å². The van der Waals surface area contributed by atoms with Gasteiger partial charge in [0.1, 0.15) is 5.82 Å². The summed E-state index contributed by atoms with van der Waals surface area (Å²) in [6.45, 7) is 0.455. The monoisotopic (exact) mass is 287 g/mol. The van der Waals surface area contributed by atoms with Gasteiger partial charge in [0, 0.05) is 17.3 Å². The minimum absolute atomic E-state index is 0.0342. The summed E-state index contributed by atoms with van der Waals surface area (Å²) in [6.07, 6.45) is 7.06. The highest BCUT2D eigenvalue weighted by Crippen LogP contribution is 2.27. The first kappa shape index (κ1) is 13.2. The number of carbonyl (C=O) groups excluding carboxylic acids is 1. The number of fused-ring (bicyclic) bond motifs is 1. The summed E-state index contributed by atoms with van der Waals surface area (Å²) in [5.41, 5.74) is 2.92. The first-order valence-corrected chi connectivity index (χ1v) is 7.79. The summed E-state index contributed by atoms with van der Waals surface area (Å²) in [5.74, 6) is 1.26. The number of aromatic nitrogens is 2. The average molecular weight is 287 g/mol. The van der Waals surface area contributed by atoms with Crippen LogP contribution in [0.4, 0.5) is 0 Å². The van der Waals surface area contributed by atoms with Crippen molar-refractivity contribution in [2.45, 2.75) is 30.7 Å². The molecule has 1 amide bonds. The van der Waals surface area contributed by atoms with Crippen LogP contribution in [0.3, 0.4) is 0 Å². The number of benzene rings is 1. The zero-order valence-corrected chi connectivity index (χ0v) is 12.0. The number of aromatic amines is 1. The normalized spacial score (nSPS) is 13.2. The number of rotatable bonds is 5. The first-order valence-electron chi connectivity index (χ1n) is 6.81. The van der Waals surface area contributed by atoms with Gasteiger partial charge >= 0.3 is 0 Å². The molecule has 0 unspecified atom stereocenters. The SMILES string of the molecule is O=C(CSc1ccc2c(c1)CCC2)NCc1ncc[nH]1. The third kappa shape index (κ3) is 3.22. The molecule has 2 N–H and O–H groups in total. The van der Waals surface area contributed by atoms with Crippen molar-refractivity contribution in [2.75, 3.05) is 5.75 Å². The largest absolute Gasteiger partial charge is 0.348 e. The molecule has 0 spiro atoms. The van der Waals surface area contributed by atoms with Crippen LogP contribution >= 0.6 is 11.8 Å². The van der Waals surface area contributed by atoms with Crippen LogP contribution in [0.2, 0.25) is 0 Å². The summed E-state index contributed by atoms with van der Waals surface area (Å²) in [7, 11) is 0. The van der Waals surface area contributed by atoms with Crippen LogP contribution in [0.1, 0.15) is 23.4 Å². The highest BCUT2D eigenvalue weighted by molar-refractivity contribution is 8.00. The summed E-state index contributed by atoms with van der Waals surface area (Å²) in [4.78, 5) is 20.0. The van der Waals surface area contributed by atoms with Crippen molar-refractivity contribution in [3.05, 3.63) is 47.5 Å². The molecule has 0 saturated heterocycles. The van der Waals surface area contributed by atoms with E-state index in [1.165, 1.54) is 35.3 Å². The molecule has 0 atom stereocenters. The number of amides is 1. The zero-order valence-electron chi connectivity index (χ0n) is 11.2. The summed E-state index contributed by atoms with van der Waals surface area (Å²) in [5, 5.41) is 2.85. The third-order valence-corrected chi connectivity index (χ3v) is 4.44. The number of carbonyl (C=O) groups is 1. The van der Waals surface area contributed by atoms with E-state index < -0.39 is 0 Å². The van der Waals surface area contributed by atoms with Crippen molar-refractivity contribution in [1.29, 1.82) is 0 Å². The smallest absolute Gasteiger partial charge is 0.230 e. The fraction of sp³-hybridized carbons (Fsp3) is 0.333. The molecule has 4 nitrogen and oxygen atoms in total. The molecule has 0 fully saturated rings. The molecule has 1 aromatic carbocycles. The van der Waals surface area contributed by atoms with Gasteiger partial charge in [-0.15, -0.1) is 11.8 Å². The fourth-order valence-corrected chi connectivity index (χ4v) is 3.20. The molecule has 3 rings (SSSR count). The average Bonchev–Trinajstić information content (AvgIpc) is 3.13. The van der Waals surface area contributed by atoms with E-state index in [1.54, 1.807) is 24.2 Å². The third-order valence-electron chi connectivity index (χ3n) is 3.45. The summed E-state index contributed by atoms with van der Waals surface area (Å²) < 4.78 is 0. The number of thioether (sulfide) groups is 1. The number of imidazole rings is 1. The molecule has 5 heteroatoms. The second kappa shape index (κ2) is 6.13. The van der Waals surface area contributed by atoms with Crippen molar-refractivity contribution in [2.24, 2.45) is 0 Å². The highest BCUT2D eigenvalue weighted by atomic mass is 32.2. The Hall–Kier alpha value is -1.75. The van der Waals surface area contributed by atoms with Crippen molar-refractivity contribution >= 4 is 17.7 Å². The van der Waals surface area contributed by atoms with Crippen molar-refractivity contribution in [1.82, 2.24) is 15.3 Å². The maximum atomic E-state index is 11.8. The molecule has 2 aromatic rings. The van der Waals surface area contributed by atoms with Crippen LogP contribution in [0.25, 0.3) is 0 Å². The van der Waals surface area contributed by atoms with E-state index in [9.17, 15) is 4.79 Å². The molecule has 104 valence electrons. The number of hydrogen-bond acceptors (Lipinski definition) is 3. The molecule has 0 aliphatic heterocycles. The van der Waals surface area contributed by atoms with Gasteiger partial charge in [-0.25, -0.2) is 4.98 Å². The Kier molecular flexibility index (Phi) is 4.06. The van der Waals surface area contributed by atoms with Crippen LogP contribution in [-0.2, 0) is 24.2 Å². The lowest BCUT2D eigenvalue weighted by Gasteiger charge is -2.05. The highest BCUT2D eigenvalue weighted by Gasteiger charge is 2.11. The van der Waals surface area contributed by atoms with Gasteiger partial charge < -0.3 is 10.3 Å². The molecule has 1 aliphatic rings. The molecule has 20 heavy (non-hydrogen) atoms. The Balaban J connectivity index is 1.48. The predicted octanol–water partition coefficient (Wildman–Crippen LogP) is 2.31. The summed E-state index contributed by atoms with van der Waals surface area (Å²) >= 11 is 1.59. The topological polar surface area (TPSA) is 57.8 Å². The molecular weight excluding hydrogens is 270 g/mol. The van der Waals surface area contributed by atoms with Gasteiger partial charge in [0.15, 0.2) is 0 Å². The van der Waals surface area contributed by atoms with E-state index in [0.29, 0.717) is 12.3 Å². The standard InChI is InChI=1S/C15H17N3OS/c19-15(18-9-14-16-6-7-17-14)10-20-13-5-4-11-2-1-3-12(11)8-13/h4-8H,1-3,9-10H2,(H,16,17)(H,18,19). The van der Waals surface area contributed by atoms with Gasteiger partial charge in [-0.2, -0.15) is 0 Å². The Morgan fingerprint density at radius 2 is 2.25 bits per heavy atom. The summed E-state index contributed by atoms with van der Waals surface area (Å²) in [6, 6.07) is 6.55. The minimum Gasteiger partial charge on any atom is -0.348 e. The van der Waals surface area contributed by atoms with Crippen LogP contribution in [-0.4, -0.2) is 21.6 Å². The zero-order chi connectivity index (χ0) is 13.8. The van der Waals surface area contributed by atoms with E-state index in [4.69, 9.17) is 0 Å². The molecular formula is C15H17N3OS. The Bertz CT molecular complexity index is 595. The molecule has 1 heterocycles. The second-order valence-corrected chi connectivity index (χ2v) is 5.93. The molecule has 1 aliphatic carbocycles. The van der Waals surface area contributed by atoms with Crippen LogP contribution < -0.4 is 5.32 Å². The second-order valence-electron chi connectivity index (χ2n) is 4.89. The van der Waals surface area contributed by atoms with Gasteiger partial charge in [0.25, 0.3) is 0 Å². The molecule has 0 saturated carbocycles. The van der Waals surface area contributed by atoms with Gasteiger partial charge in [-0.1, -0.05) is 6.07 Å². The van der Waals surface area contributed by atoms with Gasteiger partial charge in [-0.3, -0.25) is 4.79 Å². The van der Waals surface area contributed by atoms with E-state index >= 15 is 0 Å². The lowest BCUT2D eigenvalue weighted by Crippen LogP contribution is -2.25. The van der Waals surface area contributed by atoms with Crippen molar-refractivity contribution in [3.8, 4) is 0 Å². The lowest BCUT2D eigenvalue weighted by atomic mass is 10.1. The van der Waals surface area contributed by atoms with Crippen LogP contribution in [0, 0.1) is 0 Å². The first-order chi connectivity index (χ1) is 9.81. The van der Waals surface area contributed by atoms with E-state index in [0.717, 1.165) is 5.82 Å². The minimum atomic E-state index is 0.0342. The number of H-pyrrole nitrogens is 1. The molecule has 1 aromatic heterocycles. The van der Waals surface area contributed by atoms with Gasteiger partial charge in [0.05, 0.1) is 12.3 Å². The Morgan fingerprint density at radius 3 is 3.10 bits per heavy atom. The van der Waals surface area contributed by atoms with Crippen LogP contribution in [0.15, 0.2) is 35.5 Å². The van der Waals surface area contributed by atoms with Crippen LogP contribution in [0.5, 0.6) is 0 Å². The quantitative estimate of drug-likeness (QED) is 0.830. The molecule has 0 bridgehead atoms. The van der Waals surface area contributed by atoms with E-state index in [2.05, 4.69) is 33.5 Å². The number of nitrogens with one attached hydrogen (secondary N) is 2. The maximum absolute atomic E-state index is 11.8. The number of aryl methyl sites for hydroxylation is 2. The van der Waals surface area contributed by atoms with Crippen molar-refractivity contribution in [3.63, 3.8) is 0 Å². The lowest BCUT2D eigenvalue weighted by molar-refractivity contribution is -0.118. The Labute approximate surface area is 122 Å². The fourth-order valence-electron chi connectivity index (χ4n) is 2.41. The van der Waals surface area contributed by atoms with E-state index in [-0.39, 0.29) is 5.91 Å². The molecule has 0 radical (unpaired) electrons. The van der Waals surface area contributed by atoms with Gasteiger partial charge in [-0.05, 0) is 42.5 Å². The number of hydrogen-bond donors (Lipinski definition) is 2. The van der Waals surface area contributed by atoms with Gasteiger partial charge in [0.2, 0.25) is 5.91 Å².